The van der Waals surface area contributed by atoms with Gasteiger partial charge in [-0.2, -0.15) is 0 Å². The van der Waals surface area contributed by atoms with Gasteiger partial charge in [-0.05, 0) is 30.0 Å². The van der Waals surface area contributed by atoms with Gasteiger partial charge >= 0.3 is 0 Å². The first-order chi connectivity index (χ1) is 14.1. The molecule has 4 rings (SSSR count). The van der Waals surface area contributed by atoms with Crippen molar-refractivity contribution in [3.63, 3.8) is 0 Å². The number of rotatable bonds is 5. The number of aromatic nitrogens is 1. The van der Waals surface area contributed by atoms with Crippen molar-refractivity contribution in [3.05, 3.63) is 47.0 Å². The average Bonchev–Trinajstić information content (AvgIpc) is 3.21. The van der Waals surface area contributed by atoms with Crippen LogP contribution >= 0.6 is 34.7 Å². The lowest BCUT2D eigenvalue weighted by Gasteiger charge is -2.34. The monoisotopic (exact) mass is 447 g/mol. The SMILES string of the molecule is CCSc1ccccc1C(=O)N1CCN(c2nc3c(OC)ccc(Cl)c3s2)CC1. The Morgan fingerprint density at radius 1 is 1.21 bits per heavy atom. The van der Waals surface area contributed by atoms with Crippen molar-refractivity contribution in [2.75, 3.05) is 43.9 Å². The minimum Gasteiger partial charge on any atom is -0.494 e. The van der Waals surface area contributed by atoms with Gasteiger partial charge < -0.3 is 14.5 Å². The summed E-state index contributed by atoms with van der Waals surface area (Å²) in [4.78, 5) is 23.0. The molecule has 1 aliphatic heterocycles. The third-order valence-corrected chi connectivity index (χ3v) is 7.45. The number of nitrogens with zero attached hydrogens (tertiary/aromatic N) is 3. The molecule has 0 N–H and O–H groups in total. The molecule has 0 spiro atoms. The van der Waals surface area contributed by atoms with Gasteiger partial charge in [0.05, 0.1) is 22.4 Å². The van der Waals surface area contributed by atoms with Crippen molar-refractivity contribution < 1.29 is 9.53 Å². The molecule has 2 heterocycles. The molecule has 1 saturated heterocycles. The summed E-state index contributed by atoms with van der Waals surface area (Å²) in [5.74, 6) is 1.78. The maximum atomic E-state index is 13.1. The van der Waals surface area contributed by atoms with Gasteiger partial charge in [-0.3, -0.25) is 4.79 Å². The minimum absolute atomic E-state index is 0.107. The Kier molecular flexibility index (Phi) is 6.18. The number of carbonyl (C=O) groups is 1. The highest BCUT2D eigenvalue weighted by Crippen LogP contribution is 2.39. The van der Waals surface area contributed by atoms with Gasteiger partial charge in [0.25, 0.3) is 5.91 Å². The number of benzene rings is 2. The molecule has 29 heavy (non-hydrogen) atoms. The van der Waals surface area contributed by atoms with Crippen LogP contribution in [-0.2, 0) is 0 Å². The number of hydrogen-bond acceptors (Lipinski definition) is 6. The molecule has 2 aromatic carbocycles. The van der Waals surface area contributed by atoms with E-state index in [1.54, 1.807) is 30.2 Å². The molecule has 0 saturated carbocycles. The maximum Gasteiger partial charge on any atom is 0.255 e. The predicted octanol–water partition coefficient (Wildman–Crippen LogP) is 5.03. The molecule has 1 aromatic heterocycles. The lowest BCUT2D eigenvalue weighted by molar-refractivity contribution is 0.0743. The summed E-state index contributed by atoms with van der Waals surface area (Å²) in [7, 11) is 1.64. The molecular weight excluding hydrogens is 426 g/mol. The van der Waals surface area contributed by atoms with Crippen LogP contribution in [-0.4, -0.2) is 54.8 Å². The quantitative estimate of drug-likeness (QED) is 0.513. The Labute approximate surface area is 183 Å². The fourth-order valence-corrected chi connectivity index (χ4v) is 5.54. The molecule has 8 heteroatoms. The van der Waals surface area contributed by atoms with E-state index in [4.69, 9.17) is 21.3 Å². The molecule has 3 aromatic rings. The Morgan fingerprint density at radius 2 is 1.97 bits per heavy atom. The first-order valence-corrected chi connectivity index (χ1v) is 11.7. The van der Waals surface area contributed by atoms with Gasteiger partial charge in [-0.25, -0.2) is 4.98 Å². The van der Waals surface area contributed by atoms with Crippen molar-refractivity contribution in [3.8, 4) is 5.75 Å². The summed E-state index contributed by atoms with van der Waals surface area (Å²) < 4.78 is 6.36. The zero-order valence-electron chi connectivity index (χ0n) is 16.4. The zero-order valence-corrected chi connectivity index (χ0v) is 18.7. The average molecular weight is 448 g/mol. The van der Waals surface area contributed by atoms with E-state index in [1.807, 2.05) is 41.3 Å². The van der Waals surface area contributed by atoms with E-state index < -0.39 is 0 Å². The van der Waals surface area contributed by atoms with Crippen LogP contribution in [0.3, 0.4) is 0 Å². The van der Waals surface area contributed by atoms with E-state index in [9.17, 15) is 4.79 Å². The summed E-state index contributed by atoms with van der Waals surface area (Å²) in [6.45, 7) is 4.93. The molecule has 1 amide bonds. The molecule has 5 nitrogen and oxygen atoms in total. The number of methoxy groups -OCH3 is 1. The Hall–Kier alpha value is -1.96. The van der Waals surface area contributed by atoms with Crippen LogP contribution in [0.1, 0.15) is 17.3 Å². The summed E-state index contributed by atoms with van der Waals surface area (Å²) >= 11 is 9.63. The normalized spacial score (nSPS) is 14.4. The van der Waals surface area contributed by atoms with Gasteiger partial charge in [0.15, 0.2) is 5.13 Å². The van der Waals surface area contributed by atoms with Crippen molar-refractivity contribution in [2.24, 2.45) is 0 Å². The number of fused-ring (bicyclic) bond motifs is 1. The fraction of sp³-hybridized carbons (Fsp3) is 0.333. The highest BCUT2D eigenvalue weighted by molar-refractivity contribution is 7.99. The Morgan fingerprint density at radius 3 is 2.69 bits per heavy atom. The topological polar surface area (TPSA) is 45.7 Å². The molecular formula is C21H22ClN3O2S2. The predicted molar refractivity (Wildman–Crippen MR) is 122 cm³/mol. The zero-order chi connectivity index (χ0) is 20.4. The highest BCUT2D eigenvalue weighted by Gasteiger charge is 2.26. The highest BCUT2D eigenvalue weighted by atomic mass is 35.5. The van der Waals surface area contributed by atoms with Gasteiger partial charge in [-0.15, -0.1) is 11.8 Å². The Balaban J connectivity index is 1.49. The number of carbonyl (C=O) groups excluding carboxylic acids is 1. The van der Waals surface area contributed by atoms with Crippen LogP contribution in [0.15, 0.2) is 41.3 Å². The van der Waals surface area contributed by atoms with E-state index in [0.717, 1.165) is 50.4 Å². The van der Waals surface area contributed by atoms with Crippen molar-refractivity contribution in [1.29, 1.82) is 0 Å². The van der Waals surface area contributed by atoms with E-state index in [-0.39, 0.29) is 5.91 Å². The number of amides is 1. The summed E-state index contributed by atoms with van der Waals surface area (Å²) in [6, 6.07) is 11.6. The molecule has 1 fully saturated rings. The number of thioether (sulfide) groups is 1. The van der Waals surface area contributed by atoms with E-state index >= 15 is 0 Å². The van der Waals surface area contributed by atoms with E-state index in [0.29, 0.717) is 18.1 Å². The molecule has 0 aliphatic carbocycles. The van der Waals surface area contributed by atoms with Crippen LogP contribution in [0.4, 0.5) is 5.13 Å². The van der Waals surface area contributed by atoms with Crippen LogP contribution < -0.4 is 9.64 Å². The Bertz CT molecular complexity index is 1030. The lowest BCUT2D eigenvalue weighted by Crippen LogP contribution is -2.48. The smallest absolute Gasteiger partial charge is 0.255 e. The third kappa shape index (κ3) is 4.04. The fourth-order valence-electron chi connectivity index (χ4n) is 3.44. The van der Waals surface area contributed by atoms with Crippen LogP contribution in [0, 0.1) is 0 Å². The second kappa shape index (κ2) is 8.81. The van der Waals surface area contributed by atoms with E-state index in [2.05, 4.69) is 11.8 Å². The minimum atomic E-state index is 0.107. The second-order valence-corrected chi connectivity index (χ2v) is 9.32. The number of anilines is 1. The number of halogens is 1. The van der Waals surface area contributed by atoms with Gasteiger partial charge in [-0.1, -0.05) is 42.0 Å². The molecule has 152 valence electrons. The summed E-state index contributed by atoms with van der Waals surface area (Å²) in [5.41, 5.74) is 1.59. The number of ether oxygens (including phenoxy) is 1. The third-order valence-electron chi connectivity index (χ3n) is 4.92. The standard InChI is InChI=1S/C21H22ClN3O2S2/c1-3-28-17-7-5-4-6-14(17)20(26)24-10-12-25(13-11-24)21-23-18-16(27-2)9-8-15(22)19(18)29-21/h4-9H,3,10-13H2,1-2H3. The van der Waals surface area contributed by atoms with Crippen molar-refractivity contribution in [2.45, 2.75) is 11.8 Å². The number of hydrogen-bond donors (Lipinski definition) is 0. The van der Waals surface area contributed by atoms with Crippen molar-refractivity contribution >= 4 is 56.0 Å². The largest absolute Gasteiger partial charge is 0.494 e. The molecule has 0 atom stereocenters. The van der Waals surface area contributed by atoms with Crippen LogP contribution in [0.2, 0.25) is 5.02 Å². The van der Waals surface area contributed by atoms with Gasteiger partial charge in [0, 0.05) is 31.1 Å². The lowest BCUT2D eigenvalue weighted by atomic mass is 10.2. The number of thiazole rings is 1. The van der Waals surface area contributed by atoms with Gasteiger partial charge in [0.1, 0.15) is 11.3 Å². The number of piperazine rings is 1. The van der Waals surface area contributed by atoms with Crippen LogP contribution in [0.25, 0.3) is 10.2 Å². The van der Waals surface area contributed by atoms with E-state index in [1.165, 1.54) is 0 Å². The van der Waals surface area contributed by atoms with Gasteiger partial charge in [0.2, 0.25) is 0 Å². The molecule has 0 radical (unpaired) electrons. The molecule has 1 aliphatic rings. The van der Waals surface area contributed by atoms with Crippen LogP contribution in [0.5, 0.6) is 5.75 Å². The summed E-state index contributed by atoms with van der Waals surface area (Å²) in [5, 5.41) is 1.60. The summed E-state index contributed by atoms with van der Waals surface area (Å²) in [6.07, 6.45) is 0. The van der Waals surface area contributed by atoms with Crippen molar-refractivity contribution in [1.82, 2.24) is 9.88 Å². The second-order valence-electron chi connectivity index (χ2n) is 6.63. The molecule has 0 unspecified atom stereocenters. The first-order valence-electron chi connectivity index (χ1n) is 9.51. The first kappa shape index (κ1) is 20.3. The molecule has 0 bridgehead atoms. The maximum absolute atomic E-state index is 13.1.